The largest absolute Gasteiger partial charge is 0.470 e. The lowest BCUT2D eigenvalue weighted by molar-refractivity contribution is -0.165. The van der Waals surface area contributed by atoms with Crippen LogP contribution in [0.5, 0.6) is 0 Å². The number of hydrogen-bond donors (Lipinski definition) is 0. The van der Waals surface area contributed by atoms with E-state index in [1.807, 2.05) is 81.4 Å². The van der Waals surface area contributed by atoms with E-state index in [4.69, 9.17) is 32.1 Å². The second kappa shape index (κ2) is 35.8. The van der Waals surface area contributed by atoms with E-state index in [1.165, 1.54) is 24.3 Å². The normalized spacial score (nSPS) is 12.4. The minimum absolute atomic E-state index is 0.408. The van der Waals surface area contributed by atoms with E-state index < -0.39 is 78.3 Å². The quantitative estimate of drug-likeness (QED) is 0.0142. The Kier molecular flexibility index (Phi) is 28.8. The number of unbranched alkanes of at least 4 members (excludes halogenated alkanes) is 2. The molecule has 0 N–H and O–H groups in total. The maximum absolute atomic E-state index is 14.1. The molecule has 0 aliphatic heterocycles. The summed E-state index contributed by atoms with van der Waals surface area (Å²) in [5.74, 6) is -3.45. The van der Waals surface area contributed by atoms with E-state index in [0.29, 0.717) is 34.1 Å². The number of nitriles is 2. The van der Waals surface area contributed by atoms with Gasteiger partial charge in [-0.1, -0.05) is 103 Å². The van der Waals surface area contributed by atoms with Gasteiger partial charge in [-0.25, -0.2) is 19.3 Å². The van der Waals surface area contributed by atoms with Crippen LogP contribution in [0.1, 0.15) is 116 Å². The lowest BCUT2D eigenvalue weighted by Gasteiger charge is -2.31. The zero-order valence-corrected chi connectivity index (χ0v) is 51.4. The molecule has 0 heterocycles. The number of carbonyl (C=O) groups excluding carboxylic acids is 4. The molecule has 0 saturated carbocycles. The van der Waals surface area contributed by atoms with Gasteiger partial charge in [-0.2, -0.15) is 10.5 Å². The molecule has 4 rings (SSSR count). The lowest BCUT2D eigenvalue weighted by Crippen LogP contribution is -2.44. The average Bonchev–Trinajstić information content (AvgIpc) is 3.54. The number of ether oxygens (including phenoxy) is 4. The Morgan fingerprint density at radius 2 is 0.788 bits per heavy atom. The van der Waals surface area contributed by atoms with Crippen LogP contribution in [0.2, 0.25) is 0 Å². The standard InChI is InChI=1S/C69H84N8O8/c1-13-17-37-76(38-18-14-2)61-31-23-54(24-32-61)42-58(46-71)66(79)83-48-69(49-84-67(80)63(72-9)43-55-19-27-59(28-20-55)74(11)12,47-82-65(78)57(45-70)41-53-21-29-60(30-22-53)75(15-3)16-4)50-85-68(81)64(73-10)44-56-25-33-62(34-26-56)77(39-35-51(5)6)40-36-52(7)8/h19-34,41-44,51-52H,13-18,35-40,47-50H2,1-8,11-12H3/b57-41+,58-42+,63-43-,64-44-. The summed E-state index contributed by atoms with van der Waals surface area (Å²) in [6.07, 6.45) is 11.5. The Morgan fingerprint density at radius 3 is 1.08 bits per heavy atom. The van der Waals surface area contributed by atoms with Gasteiger partial charge < -0.3 is 38.5 Å². The summed E-state index contributed by atoms with van der Waals surface area (Å²) < 4.78 is 23.3. The molecule has 85 heavy (non-hydrogen) atoms. The van der Waals surface area contributed by atoms with E-state index in [1.54, 1.807) is 60.7 Å². The molecule has 448 valence electrons. The van der Waals surface area contributed by atoms with Crippen LogP contribution in [-0.2, 0) is 38.1 Å². The number of nitrogens with zero attached hydrogens (tertiary/aromatic N) is 8. The van der Waals surface area contributed by atoms with Crippen LogP contribution in [-0.4, -0.2) is 104 Å². The van der Waals surface area contributed by atoms with Gasteiger partial charge in [0.1, 0.15) is 55.1 Å². The third-order valence-corrected chi connectivity index (χ3v) is 14.1. The second-order valence-corrected chi connectivity index (χ2v) is 21.9. The Balaban J connectivity index is 1.79. The van der Waals surface area contributed by atoms with Crippen molar-refractivity contribution in [3.63, 3.8) is 0 Å². The zero-order chi connectivity index (χ0) is 62.3. The first-order valence-corrected chi connectivity index (χ1v) is 29.3. The number of esters is 4. The second-order valence-electron chi connectivity index (χ2n) is 21.9. The zero-order valence-electron chi connectivity index (χ0n) is 51.4. The molecule has 0 spiro atoms. The SMILES string of the molecule is [C-]#[N+]/C(=C\c1ccc(N(C)C)cc1)C(=O)OCC(COC(=O)/C(=C/c1ccc(N(CCC(C)C)CCC(C)C)cc1)[N+]#[C-])(COC(=O)/C(C#N)=C/c1ccc(N(CC)CC)cc1)COC(=O)/C(C#N)=C/c1ccc(N(CCCC)CCCC)cc1. The molecule has 0 radical (unpaired) electrons. The first-order valence-electron chi connectivity index (χ1n) is 29.3. The van der Waals surface area contributed by atoms with Crippen LogP contribution in [0.3, 0.4) is 0 Å². The molecule has 4 aromatic carbocycles. The number of benzene rings is 4. The third kappa shape index (κ3) is 22.5. The van der Waals surface area contributed by atoms with Gasteiger partial charge in [0, 0.05) is 76.1 Å². The highest BCUT2D eigenvalue weighted by molar-refractivity contribution is 5.99. The number of hydrogen-bond acceptors (Lipinski definition) is 14. The summed E-state index contributed by atoms with van der Waals surface area (Å²) in [4.78, 5) is 71.8. The summed E-state index contributed by atoms with van der Waals surface area (Å²) in [7, 11) is 3.74. The van der Waals surface area contributed by atoms with Gasteiger partial charge in [0.05, 0.1) is 13.1 Å². The van der Waals surface area contributed by atoms with Crippen LogP contribution in [0.15, 0.2) is 120 Å². The fraction of sp³-hybridized carbons (Fsp3) is 0.420. The Morgan fingerprint density at radius 1 is 0.482 bits per heavy atom. The molecule has 0 aromatic heterocycles. The molecule has 0 aliphatic carbocycles. The molecule has 16 heteroatoms. The minimum Gasteiger partial charge on any atom is -0.470 e. The van der Waals surface area contributed by atoms with Crippen molar-refractivity contribution in [2.24, 2.45) is 17.3 Å². The van der Waals surface area contributed by atoms with E-state index in [0.717, 1.165) is 101 Å². The van der Waals surface area contributed by atoms with E-state index in [-0.39, 0.29) is 0 Å². The van der Waals surface area contributed by atoms with Gasteiger partial charge in [-0.15, -0.1) is 0 Å². The first-order chi connectivity index (χ1) is 40.8. The average molecular weight is 1150 g/mol. The molecule has 16 nitrogen and oxygen atoms in total. The van der Waals surface area contributed by atoms with Crippen molar-refractivity contribution in [1.29, 1.82) is 10.5 Å². The van der Waals surface area contributed by atoms with Gasteiger partial charge >= 0.3 is 23.9 Å². The Bertz CT molecular complexity index is 3090. The minimum atomic E-state index is -1.99. The summed E-state index contributed by atoms with van der Waals surface area (Å²) in [5.41, 5.74) is 2.21. The molecule has 0 saturated heterocycles. The van der Waals surface area contributed by atoms with Gasteiger partial charge in [0.15, 0.2) is 0 Å². The van der Waals surface area contributed by atoms with E-state index >= 15 is 0 Å². The molecule has 0 aliphatic rings. The Hall–Kier alpha value is -9.12. The topological polar surface area (TPSA) is 174 Å². The molecule has 4 aromatic rings. The molecule has 1 atom stereocenters. The van der Waals surface area contributed by atoms with Crippen LogP contribution in [0.4, 0.5) is 22.7 Å². The van der Waals surface area contributed by atoms with Crippen molar-refractivity contribution in [3.8, 4) is 12.1 Å². The van der Waals surface area contributed by atoms with Crippen LogP contribution >= 0.6 is 0 Å². The van der Waals surface area contributed by atoms with Crippen molar-refractivity contribution in [1.82, 2.24) is 0 Å². The van der Waals surface area contributed by atoms with Gasteiger partial charge in [0.2, 0.25) is 0 Å². The molecule has 1 unspecified atom stereocenters. The van der Waals surface area contributed by atoms with Gasteiger partial charge in [0.25, 0.3) is 11.4 Å². The maximum Gasteiger partial charge on any atom is 0.348 e. The molecular formula is C69H84N8O8. The van der Waals surface area contributed by atoms with Crippen molar-refractivity contribution >= 4 is 70.9 Å². The smallest absolute Gasteiger partial charge is 0.348 e. The van der Waals surface area contributed by atoms with Gasteiger partial charge in [-0.3, -0.25) is 9.59 Å². The summed E-state index contributed by atoms with van der Waals surface area (Å²) in [6, 6.07) is 33.0. The number of carbonyl (C=O) groups is 4. The summed E-state index contributed by atoms with van der Waals surface area (Å²) in [6.45, 7) is 34.8. The predicted octanol–water partition coefficient (Wildman–Crippen LogP) is 13.5. The molecular weight excluding hydrogens is 1070 g/mol. The lowest BCUT2D eigenvalue weighted by atomic mass is 9.92. The molecule has 0 amide bonds. The fourth-order valence-corrected chi connectivity index (χ4v) is 8.69. The monoisotopic (exact) mass is 1150 g/mol. The first kappa shape index (κ1) is 68.4. The predicted molar refractivity (Wildman–Crippen MR) is 339 cm³/mol. The number of anilines is 4. The summed E-state index contributed by atoms with van der Waals surface area (Å²) >= 11 is 0. The third-order valence-electron chi connectivity index (χ3n) is 14.1. The van der Waals surface area contributed by atoms with E-state index in [2.05, 4.69) is 65.9 Å². The highest BCUT2D eigenvalue weighted by Crippen LogP contribution is 2.28. The summed E-state index contributed by atoms with van der Waals surface area (Å²) in [5, 5.41) is 20.7. The highest BCUT2D eigenvalue weighted by atomic mass is 16.6. The van der Waals surface area contributed by atoms with Crippen LogP contribution in [0, 0.1) is 53.1 Å². The molecule has 0 bridgehead atoms. The van der Waals surface area contributed by atoms with Gasteiger partial charge in [-0.05, 0) is 146 Å². The fourth-order valence-electron chi connectivity index (χ4n) is 8.69. The van der Waals surface area contributed by atoms with Crippen LogP contribution < -0.4 is 19.6 Å². The highest BCUT2D eigenvalue weighted by Gasteiger charge is 2.39. The maximum atomic E-state index is 14.1. The van der Waals surface area contributed by atoms with Crippen molar-refractivity contribution < 1.29 is 38.1 Å². The van der Waals surface area contributed by atoms with Crippen LogP contribution in [0.25, 0.3) is 34.0 Å². The number of rotatable bonds is 34. The Labute approximate surface area is 504 Å². The van der Waals surface area contributed by atoms with Crippen molar-refractivity contribution in [2.75, 3.05) is 99.4 Å². The van der Waals surface area contributed by atoms with Crippen molar-refractivity contribution in [3.05, 3.63) is 165 Å². The van der Waals surface area contributed by atoms with E-state index in [9.17, 15) is 29.7 Å². The van der Waals surface area contributed by atoms with Crippen molar-refractivity contribution in [2.45, 2.75) is 93.9 Å². The molecule has 0 fully saturated rings.